The molecule has 0 unspecified atom stereocenters. The largest absolute Gasteiger partial charge is 0.364 e. The van der Waals surface area contributed by atoms with Gasteiger partial charge in [-0.15, -0.1) is 5.10 Å². The first-order valence-electron chi connectivity index (χ1n) is 5.19. The average molecular weight is 214 g/mol. The van der Waals surface area contributed by atoms with Gasteiger partial charge < -0.3 is 5.32 Å². The van der Waals surface area contributed by atoms with Crippen molar-refractivity contribution in [2.75, 3.05) is 5.32 Å². The van der Waals surface area contributed by atoms with E-state index in [0.717, 1.165) is 18.1 Å². The minimum absolute atomic E-state index is 0.720. The van der Waals surface area contributed by atoms with Crippen molar-refractivity contribution >= 4 is 5.82 Å². The lowest BCUT2D eigenvalue weighted by atomic mass is 10.1. The van der Waals surface area contributed by atoms with Gasteiger partial charge in [0, 0.05) is 18.9 Å². The number of hydrogen-bond donors (Lipinski definition) is 1. The minimum atomic E-state index is 0.720. The van der Waals surface area contributed by atoms with E-state index in [4.69, 9.17) is 0 Å². The third kappa shape index (κ3) is 2.53. The lowest BCUT2D eigenvalue weighted by molar-refractivity contribution is 0.958. The molecule has 1 N–H and O–H groups in total. The molecule has 0 aliphatic rings. The van der Waals surface area contributed by atoms with Gasteiger partial charge >= 0.3 is 0 Å². The molecule has 0 saturated carbocycles. The number of aromatic nitrogens is 3. The van der Waals surface area contributed by atoms with E-state index in [2.05, 4.69) is 27.4 Å². The fraction of sp³-hybridized carbons (Fsp3) is 0.250. The van der Waals surface area contributed by atoms with E-state index in [1.54, 1.807) is 6.20 Å². The minimum Gasteiger partial charge on any atom is -0.364 e. The van der Waals surface area contributed by atoms with Crippen LogP contribution in [-0.4, -0.2) is 15.2 Å². The number of anilines is 1. The van der Waals surface area contributed by atoms with Crippen molar-refractivity contribution in [3.05, 3.63) is 47.4 Å². The number of pyridine rings is 1. The Labute approximate surface area is 94.8 Å². The highest BCUT2D eigenvalue weighted by molar-refractivity contribution is 5.35. The zero-order valence-corrected chi connectivity index (χ0v) is 9.44. The van der Waals surface area contributed by atoms with Crippen LogP contribution in [0.3, 0.4) is 0 Å². The molecule has 0 amide bonds. The predicted octanol–water partition coefficient (Wildman–Crippen LogP) is 2.10. The van der Waals surface area contributed by atoms with Crippen molar-refractivity contribution in [2.24, 2.45) is 0 Å². The Bertz CT molecular complexity index is 465. The van der Waals surface area contributed by atoms with E-state index in [1.807, 2.05) is 31.3 Å². The zero-order chi connectivity index (χ0) is 11.4. The van der Waals surface area contributed by atoms with Crippen molar-refractivity contribution in [3.63, 3.8) is 0 Å². The van der Waals surface area contributed by atoms with E-state index in [9.17, 15) is 0 Å². The number of rotatable bonds is 3. The van der Waals surface area contributed by atoms with Crippen LogP contribution in [0.25, 0.3) is 0 Å². The molecule has 16 heavy (non-hydrogen) atoms. The van der Waals surface area contributed by atoms with Gasteiger partial charge in [-0.05, 0) is 43.2 Å². The van der Waals surface area contributed by atoms with Crippen LogP contribution in [0.4, 0.5) is 5.82 Å². The van der Waals surface area contributed by atoms with E-state index in [-0.39, 0.29) is 0 Å². The lowest BCUT2D eigenvalue weighted by Crippen LogP contribution is -2.04. The summed E-state index contributed by atoms with van der Waals surface area (Å²) in [6.07, 6.45) is 3.66. The van der Waals surface area contributed by atoms with Gasteiger partial charge in [-0.3, -0.25) is 4.98 Å². The molecular weight excluding hydrogens is 200 g/mol. The van der Waals surface area contributed by atoms with Crippen LogP contribution in [0.5, 0.6) is 0 Å². The van der Waals surface area contributed by atoms with Crippen molar-refractivity contribution in [3.8, 4) is 0 Å². The molecule has 4 heteroatoms. The summed E-state index contributed by atoms with van der Waals surface area (Å²) in [5.74, 6) is 0.786. The maximum absolute atomic E-state index is 4.10. The van der Waals surface area contributed by atoms with Crippen LogP contribution in [0.1, 0.15) is 16.8 Å². The molecule has 0 aromatic carbocycles. The Hall–Kier alpha value is -1.97. The summed E-state index contributed by atoms with van der Waals surface area (Å²) in [6, 6.07) is 5.86. The number of nitrogens with zero attached hydrogens (tertiary/aromatic N) is 3. The average Bonchev–Trinajstić information content (AvgIpc) is 2.30. The quantitative estimate of drug-likeness (QED) is 0.850. The van der Waals surface area contributed by atoms with E-state index in [1.165, 1.54) is 11.1 Å². The number of hydrogen-bond acceptors (Lipinski definition) is 4. The van der Waals surface area contributed by atoms with Crippen molar-refractivity contribution in [2.45, 2.75) is 20.4 Å². The summed E-state index contributed by atoms with van der Waals surface area (Å²) >= 11 is 0. The second-order valence-corrected chi connectivity index (χ2v) is 3.72. The number of aryl methyl sites for hydroxylation is 2. The lowest BCUT2D eigenvalue weighted by Gasteiger charge is -2.06. The van der Waals surface area contributed by atoms with Gasteiger partial charge in [0.15, 0.2) is 0 Å². The Morgan fingerprint density at radius 3 is 2.69 bits per heavy atom. The summed E-state index contributed by atoms with van der Waals surface area (Å²) in [4.78, 5) is 4.10. The summed E-state index contributed by atoms with van der Waals surface area (Å²) < 4.78 is 0. The first-order chi connectivity index (χ1) is 7.75. The maximum Gasteiger partial charge on any atom is 0.148 e. The van der Waals surface area contributed by atoms with E-state index < -0.39 is 0 Å². The standard InChI is InChI=1S/C12H14N4/c1-9-5-6-13-7-11(9)8-14-12-4-3-10(2)15-16-12/h3-7H,8H2,1-2H3,(H,14,16). The van der Waals surface area contributed by atoms with Crippen molar-refractivity contribution < 1.29 is 0 Å². The van der Waals surface area contributed by atoms with Crippen LogP contribution in [-0.2, 0) is 6.54 Å². The maximum atomic E-state index is 4.10. The van der Waals surface area contributed by atoms with E-state index in [0.29, 0.717) is 0 Å². The highest BCUT2D eigenvalue weighted by atomic mass is 15.2. The normalized spacial score (nSPS) is 10.1. The first kappa shape index (κ1) is 10.5. The second kappa shape index (κ2) is 4.70. The van der Waals surface area contributed by atoms with Crippen molar-refractivity contribution in [1.29, 1.82) is 0 Å². The van der Waals surface area contributed by atoms with Gasteiger partial charge in [-0.1, -0.05) is 0 Å². The van der Waals surface area contributed by atoms with Gasteiger partial charge in [0.25, 0.3) is 0 Å². The summed E-state index contributed by atoms with van der Waals surface area (Å²) in [5, 5.41) is 11.2. The highest BCUT2D eigenvalue weighted by Gasteiger charge is 1.98. The molecule has 0 aliphatic carbocycles. The Kier molecular flexibility index (Phi) is 3.10. The molecule has 2 aromatic heterocycles. The Balaban J connectivity index is 2.02. The molecule has 0 aliphatic heterocycles. The molecule has 0 spiro atoms. The molecular formula is C12H14N4. The van der Waals surface area contributed by atoms with Crippen LogP contribution in [0.2, 0.25) is 0 Å². The second-order valence-electron chi connectivity index (χ2n) is 3.72. The molecule has 2 heterocycles. The number of nitrogens with one attached hydrogen (secondary N) is 1. The Morgan fingerprint density at radius 1 is 1.12 bits per heavy atom. The summed E-state index contributed by atoms with van der Waals surface area (Å²) in [5.41, 5.74) is 3.32. The molecule has 0 radical (unpaired) electrons. The molecule has 2 rings (SSSR count). The first-order valence-corrected chi connectivity index (χ1v) is 5.19. The molecule has 0 saturated heterocycles. The van der Waals surface area contributed by atoms with Crippen LogP contribution in [0, 0.1) is 13.8 Å². The summed E-state index contributed by atoms with van der Waals surface area (Å²) in [7, 11) is 0. The monoisotopic (exact) mass is 214 g/mol. The predicted molar refractivity (Wildman–Crippen MR) is 63.1 cm³/mol. The third-order valence-electron chi connectivity index (χ3n) is 2.41. The topological polar surface area (TPSA) is 50.7 Å². The molecule has 0 fully saturated rings. The molecule has 2 aromatic rings. The smallest absolute Gasteiger partial charge is 0.148 e. The van der Waals surface area contributed by atoms with Gasteiger partial charge in [-0.2, -0.15) is 5.10 Å². The van der Waals surface area contributed by atoms with Gasteiger partial charge in [0.05, 0.1) is 5.69 Å². The molecule has 82 valence electrons. The fourth-order valence-corrected chi connectivity index (χ4v) is 1.36. The van der Waals surface area contributed by atoms with Crippen molar-refractivity contribution in [1.82, 2.24) is 15.2 Å². The molecule has 0 bridgehead atoms. The third-order valence-corrected chi connectivity index (χ3v) is 2.41. The SMILES string of the molecule is Cc1ccc(NCc2cnccc2C)nn1. The molecule has 0 atom stereocenters. The zero-order valence-electron chi connectivity index (χ0n) is 9.44. The fourth-order valence-electron chi connectivity index (χ4n) is 1.36. The van der Waals surface area contributed by atoms with E-state index >= 15 is 0 Å². The van der Waals surface area contributed by atoms with Crippen LogP contribution in [0.15, 0.2) is 30.6 Å². The molecule has 4 nitrogen and oxygen atoms in total. The summed E-state index contributed by atoms with van der Waals surface area (Å²) in [6.45, 7) is 4.71. The highest BCUT2D eigenvalue weighted by Crippen LogP contribution is 2.08. The van der Waals surface area contributed by atoms with Gasteiger partial charge in [-0.25, -0.2) is 0 Å². The van der Waals surface area contributed by atoms with Gasteiger partial charge in [0.1, 0.15) is 5.82 Å². The van der Waals surface area contributed by atoms with Crippen LogP contribution >= 0.6 is 0 Å². The Morgan fingerprint density at radius 2 is 2.00 bits per heavy atom. The van der Waals surface area contributed by atoms with Crippen LogP contribution < -0.4 is 5.32 Å². The van der Waals surface area contributed by atoms with Gasteiger partial charge in [0.2, 0.25) is 0 Å².